The summed E-state index contributed by atoms with van der Waals surface area (Å²) >= 11 is 0. The molecule has 0 aromatic heterocycles. The molecule has 2 aliphatic rings. The molecule has 1 aromatic carbocycles. The Morgan fingerprint density at radius 3 is 2.55 bits per heavy atom. The Morgan fingerprint density at radius 1 is 1.25 bits per heavy atom. The molecule has 0 atom stereocenters. The number of para-hydroxylation sites is 1. The standard InChI is InChI=1S/C14H21N3O2S/c15-9-14(7-8-14)10-16-12-3-1-2-4-13(12)20(18,19)17-11-5-6-11/h1-4,11,16-17H,5-10,15H2. The molecule has 5 nitrogen and oxygen atoms in total. The minimum absolute atomic E-state index is 0.117. The average Bonchev–Trinajstić information content (AvgIpc) is 3.33. The second-order valence-electron chi connectivity index (χ2n) is 5.95. The van der Waals surface area contributed by atoms with Crippen LogP contribution in [-0.2, 0) is 10.0 Å². The third kappa shape index (κ3) is 2.97. The van der Waals surface area contributed by atoms with Crippen molar-refractivity contribution in [1.29, 1.82) is 0 Å². The number of nitrogens with two attached hydrogens (primary N) is 1. The highest BCUT2D eigenvalue weighted by Crippen LogP contribution is 2.44. The van der Waals surface area contributed by atoms with Gasteiger partial charge in [0.25, 0.3) is 0 Å². The van der Waals surface area contributed by atoms with E-state index in [4.69, 9.17) is 5.73 Å². The van der Waals surface area contributed by atoms with Gasteiger partial charge >= 0.3 is 0 Å². The van der Waals surface area contributed by atoms with Gasteiger partial charge < -0.3 is 11.1 Å². The van der Waals surface area contributed by atoms with E-state index in [2.05, 4.69) is 10.0 Å². The first-order valence-corrected chi connectivity index (χ1v) is 8.58. The average molecular weight is 295 g/mol. The predicted molar refractivity (Wildman–Crippen MR) is 79.0 cm³/mol. The Morgan fingerprint density at radius 2 is 1.95 bits per heavy atom. The van der Waals surface area contributed by atoms with Crippen LogP contribution in [0.5, 0.6) is 0 Å². The molecule has 1 aromatic rings. The molecule has 0 radical (unpaired) electrons. The minimum atomic E-state index is -3.43. The highest BCUT2D eigenvalue weighted by molar-refractivity contribution is 7.89. The van der Waals surface area contributed by atoms with Crippen molar-refractivity contribution in [3.8, 4) is 0 Å². The number of hydrogen-bond acceptors (Lipinski definition) is 4. The molecule has 0 amide bonds. The Hall–Kier alpha value is -1.11. The van der Waals surface area contributed by atoms with Crippen LogP contribution in [0, 0.1) is 5.41 Å². The first kappa shape index (κ1) is 13.9. The second-order valence-corrected chi connectivity index (χ2v) is 7.63. The molecule has 2 saturated carbocycles. The normalized spacial score (nSPS) is 20.6. The van der Waals surface area contributed by atoms with E-state index in [0.29, 0.717) is 17.1 Å². The van der Waals surface area contributed by atoms with E-state index < -0.39 is 10.0 Å². The lowest BCUT2D eigenvalue weighted by Gasteiger charge is -2.17. The van der Waals surface area contributed by atoms with Crippen molar-refractivity contribution < 1.29 is 8.42 Å². The third-order valence-electron chi connectivity index (χ3n) is 4.12. The lowest BCUT2D eigenvalue weighted by molar-refractivity contribution is 0.554. The van der Waals surface area contributed by atoms with Gasteiger partial charge in [0, 0.05) is 12.6 Å². The molecule has 3 rings (SSSR count). The highest BCUT2D eigenvalue weighted by Gasteiger charge is 2.41. The maximum Gasteiger partial charge on any atom is 0.242 e. The second kappa shape index (κ2) is 5.02. The number of sulfonamides is 1. The fourth-order valence-electron chi connectivity index (χ4n) is 2.24. The molecule has 0 spiro atoms. The van der Waals surface area contributed by atoms with Crippen molar-refractivity contribution in [2.75, 3.05) is 18.4 Å². The van der Waals surface area contributed by atoms with Crippen LogP contribution in [0.3, 0.4) is 0 Å². The number of nitrogens with one attached hydrogen (secondary N) is 2. The number of anilines is 1. The molecule has 0 bridgehead atoms. The van der Waals surface area contributed by atoms with Crippen molar-refractivity contribution in [3.05, 3.63) is 24.3 Å². The molecule has 6 heteroatoms. The van der Waals surface area contributed by atoms with E-state index in [1.54, 1.807) is 12.1 Å². The van der Waals surface area contributed by atoms with Crippen LogP contribution in [0.15, 0.2) is 29.2 Å². The van der Waals surface area contributed by atoms with Gasteiger partial charge in [-0.05, 0) is 49.8 Å². The van der Waals surface area contributed by atoms with Crippen LogP contribution < -0.4 is 15.8 Å². The van der Waals surface area contributed by atoms with Crippen molar-refractivity contribution in [3.63, 3.8) is 0 Å². The topological polar surface area (TPSA) is 84.2 Å². The van der Waals surface area contributed by atoms with Gasteiger partial charge in [0.15, 0.2) is 0 Å². The van der Waals surface area contributed by atoms with Crippen LogP contribution in [0.25, 0.3) is 0 Å². The molecule has 4 N–H and O–H groups in total. The highest BCUT2D eigenvalue weighted by atomic mass is 32.2. The van der Waals surface area contributed by atoms with E-state index in [-0.39, 0.29) is 11.5 Å². The van der Waals surface area contributed by atoms with Crippen LogP contribution in [0.2, 0.25) is 0 Å². The summed E-state index contributed by atoms with van der Waals surface area (Å²) in [5, 5.41) is 3.27. The number of benzene rings is 1. The Bertz CT molecular complexity index is 592. The van der Waals surface area contributed by atoms with Crippen LogP contribution >= 0.6 is 0 Å². The van der Waals surface area contributed by atoms with Gasteiger partial charge in [-0.15, -0.1) is 0 Å². The van der Waals surface area contributed by atoms with Crippen molar-refractivity contribution >= 4 is 15.7 Å². The smallest absolute Gasteiger partial charge is 0.242 e. The first-order valence-electron chi connectivity index (χ1n) is 7.10. The summed E-state index contributed by atoms with van der Waals surface area (Å²) in [6, 6.07) is 7.18. The lowest BCUT2D eigenvalue weighted by atomic mass is 10.1. The van der Waals surface area contributed by atoms with Gasteiger partial charge in [-0.25, -0.2) is 13.1 Å². The molecule has 0 saturated heterocycles. The maximum absolute atomic E-state index is 12.3. The predicted octanol–water partition coefficient (Wildman–Crippen LogP) is 1.28. The van der Waals surface area contributed by atoms with Crippen molar-refractivity contribution in [1.82, 2.24) is 4.72 Å². The van der Waals surface area contributed by atoms with E-state index in [0.717, 1.165) is 32.2 Å². The monoisotopic (exact) mass is 295 g/mol. The summed E-state index contributed by atoms with van der Waals surface area (Å²) in [5.41, 5.74) is 6.59. The zero-order valence-electron chi connectivity index (χ0n) is 11.4. The summed E-state index contributed by atoms with van der Waals surface area (Å²) < 4.78 is 27.4. The van der Waals surface area contributed by atoms with E-state index in [1.807, 2.05) is 12.1 Å². The number of hydrogen-bond donors (Lipinski definition) is 3. The molecular weight excluding hydrogens is 274 g/mol. The van der Waals surface area contributed by atoms with Gasteiger partial charge in [-0.3, -0.25) is 0 Å². The fourth-order valence-corrected chi connectivity index (χ4v) is 3.73. The van der Waals surface area contributed by atoms with Crippen molar-refractivity contribution in [2.45, 2.75) is 36.6 Å². The molecule has 110 valence electrons. The van der Waals surface area contributed by atoms with Crippen LogP contribution in [0.1, 0.15) is 25.7 Å². The molecule has 20 heavy (non-hydrogen) atoms. The zero-order valence-corrected chi connectivity index (χ0v) is 12.2. The SMILES string of the molecule is NCC1(CNc2ccccc2S(=O)(=O)NC2CC2)CC1. The maximum atomic E-state index is 12.3. The summed E-state index contributed by atoms with van der Waals surface area (Å²) in [6.07, 6.45) is 4.10. The Balaban J connectivity index is 1.77. The first-order chi connectivity index (χ1) is 9.55. The lowest BCUT2D eigenvalue weighted by Crippen LogP contribution is -2.28. The Labute approximate surface area is 120 Å². The third-order valence-corrected chi connectivity index (χ3v) is 5.70. The number of rotatable bonds is 7. The van der Waals surface area contributed by atoms with Crippen LogP contribution in [-0.4, -0.2) is 27.5 Å². The van der Waals surface area contributed by atoms with Crippen molar-refractivity contribution in [2.24, 2.45) is 11.1 Å². The molecule has 2 aliphatic carbocycles. The molecular formula is C14H21N3O2S. The summed E-state index contributed by atoms with van der Waals surface area (Å²) in [7, 11) is -3.43. The summed E-state index contributed by atoms with van der Waals surface area (Å²) in [4.78, 5) is 0.333. The van der Waals surface area contributed by atoms with Gasteiger partial charge in [0.2, 0.25) is 10.0 Å². The van der Waals surface area contributed by atoms with Gasteiger partial charge in [0.05, 0.1) is 5.69 Å². The summed E-state index contributed by atoms with van der Waals surface area (Å²) in [5.74, 6) is 0. The minimum Gasteiger partial charge on any atom is -0.383 e. The van der Waals surface area contributed by atoms with E-state index >= 15 is 0 Å². The quantitative estimate of drug-likeness (QED) is 0.707. The van der Waals surface area contributed by atoms with E-state index in [9.17, 15) is 8.42 Å². The van der Waals surface area contributed by atoms with Gasteiger partial charge in [-0.1, -0.05) is 12.1 Å². The van der Waals surface area contributed by atoms with Crippen LogP contribution in [0.4, 0.5) is 5.69 Å². The molecule has 0 unspecified atom stereocenters. The zero-order chi connectivity index (χ0) is 14.2. The van der Waals surface area contributed by atoms with E-state index in [1.165, 1.54) is 0 Å². The molecule has 2 fully saturated rings. The largest absolute Gasteiger partial charge is 0.383 e. The van der Waals surface area contributed by atoms with Gasteiger partial charge in [0.1, 0.15) is 4.90 Å². The molecule has 0 aliphatic heterocycles. The Kier molecular flexibility index (Phi) is 3.48. The van der Waals surface area contributed by atoms with Gasteiger partial charge in [-0.2, -0.15) is 0 Å². The summed E-state index contributed by atoms with van der Waals surface area (Å²) in [6.45, 7) is 1.38. The molecule has 0 heterocycles. The fraction of sp³-hybridized carbons (Fsp3) is 0.571.